The Bertz CT molecular complexity index is 2760. The minimum atomic E-state index is -2.31. The van der Waals surface area contributed by atoms with Gasteiger partial charge in [-0.2, -0.15) is 0 Å². The monoisotopic (exact) mass is 2280 g/mol. The molecule has 8 atom stereocenters. The van der Waals surface area contributed by atoms with Crippen molar-refractivity contribution in [3.8, 4) is 0 Å². The van der Waals surface area contributed by atoms with Crippen molar-refractivity contribution in [2.24, 2.45) is 10.8 Å². The van der Waals surface area contributed by atoms with Gasteiger partial charge in [-0.05, 0) is 122 Å². The smallest absolute Gasteiger partial charge is 0.876 e. The van der Waals surface area contributed by atoms with Gasteiger partial charge in [-0.1, -0.05) is 442 Å². The zero-order valence-corrected chi connectivity index (χ0v) is 106. The van der Waals surface area contributed by atoms with Crippen LogP contribution in [0.15, 0.2) is 36.6 Å². The van der Waals surface area contributed by atoms with Gasteiger partial charge in [-0.3, -0.25) is 0 Å². The minimum Gasteiger partial charge on any atom is -0.876 e. The molecule has 866 valence electrons. The Morgan fingerprint density at radius 1 is 0.253 bits per heavy atom. The molecule has 0 spiro atoms. The van der Waals surface area contributed by atoms with Gasteiger partial charge in [0.2, 0.25) is 0 Å². The topological polar surface area (TPSA) is 661 Å². The van der Waals surface area contributed by atoms with Gasteiger partial charge in [0.1, 0.15) is 48.8 Å². The molecule has 0 saturated carbocycles. The number of carbonyl (C=O) groups excluding carboxylic acids is 9. The quantitative estimate of drug-likeness (QED) is 0.00885. The molecule has 150 heavy (non-hydrogen) atoms. The van der Waals surface area contributed by atoms with Crippen molar-refractivity contribution in [2.45, 2.75) is 589 Å². The van der Waals surface area contributed by atoms with Crippen LogP contribution in [0.1, 0.15) is 540 Å². The maximum atomic E-state index is 10.6. The third-order valence-corrected chi connectivity index (χ3v) is 22.8. The zero-order chi connectivity index (χ0) is 112. The van der Waals surface area contributed by atoms with E-state index in [1.807, 2.05) is 0 Å². The third kappa shape index (κ3) is 177. The maximum Gasteiger partial charge on any atom is 2.00 e. The number of hydrogen-bond donors (Lipinski definition) is 12. The molecule has 0 aromatic rings. The van der Waals surface area contributed by atoms with E-state index in [0.29, 0.717) is 0 Å². The van der Waals surface area contributed by atoms with Crippen LogP contribution >= 0.6 is 0 Å². The predicted molar refractivity (Wildman–Crippen MR) is 582 cm³/mol. The van der Waals surface area contributed by atoms with Gasteiger partial charge in [-0.15, -0.1) is 12.3 Å². The van der Waals surface area contributed by atoms with E-state index in [1.54, 1.807) is 27.7 Å². The van der Waals surface area contributed by atoms with Gasteiger partial charge in [0.15, 0.2) is 0 Å². The van der Waals surface area contributed by atoms with Crippen LogP contribution in [0.25, 0.3) is 0 Å². The van der Waals surface area contributed by atoms with Crippen molar-refractivity contribution in [1.29, 1.82) is 0 Å². The second kappa shape index (κ2) is 148. The van der Waals surface area contributed by atoms with Crippen molar-refractivity contribution in [3.05, 3.63) is 36.6 Å². The van der Waals surface area contributed by atoms with E-state index in [-0.39, 0.29) is 228 Å². The number of aliphatic carboxylic acids is 11. The molecule has 0 radical (unpaired) electrons. The van der Waals surface area contributed by atoms with E-state index in [9.17, 15) is 84.3 Å². The molecule has 0 fully saturated rings. The standard InChI is InChI=1S/2C18H36O2.2C18H34O2.2C10H20O2.2C6H12O7.C3H6O.C2H2O4.C2H4O2.CH4.5Ca/c4*1-2-3-4-5-6-7-8-9-10-11-12-13-14-15-16-17-18(19)20;2*1-4-5-6-7-8-10(2,3)9(11)12;2*7-1-2(8)3(9)4(10)5(11)6(12)13;1-3(2)4;3-1(4)2(5)6;1-2(3)4;;;;;;/h2*2-17H2,1H3,(H,19,20);2*9-10H,2-8,11-17H2,1H3,(H,19,20);2*4-8H2,1-3H3,(H,11,12);2*2-5,7-11H,1H2,(H,12,13);4H,1H2,2H3;(H,3,4)(H,5,6);1H3,(H,3,4);1H4;;;;;/q;;;;;;;;;;;;5*+2/p-10/b;;2*10-9-;;;;;;;;;;;;;/t;;;;;;2*2-,3-,4+,5-;;;;;;;;;/m......11........./s1. The molecule has 0 saturated heterocycles. The summed E-state index contributed by atoms with van der Waals surface area (Å²) in [5.74, 6) is -14.3. The number of aliphatic hydroxyl groups excluding tert-OH is 10. The molecule has 0 aliphatic rings. The molecule has 33 nitrogen and oxygen atoms in total. The van der Waals surface area contributed by atoms with Crippen LogP contribution in [-0.2, 0) is 52.7 Å². The second-order valence-corrected chi connectivity index (χ2v) is 38.3. The molecule has 0 aromatic carbocycles. The summed E-state index contributed by atoms with van der Waals surface area (Å²) in [5.41, 5.74) is -1.29. The minimum absolute atomic E-state index is 0. The van der Waals surface area contributed by atoms with Gasteiger partial charge in [-0.25, -0.2) is 9.59 Å². The number of aliphatic hydroxyl groups is 10. The number of carbonyl (C=O) groups is 11. The Morgan fingerprint density at radius 2 is 0.387 bits per heavy atom. The Balaban J connectivity index is -0.0000000882. The van der Waals surface area contributed by atoms with E-state index in [2.05, 4.69) is 72.4 Å². The first-order valence-electron chi connectivity index (χ1n) is 54.6. The van der Waals surface area contributed by atoms with E-state index in [1.165, 1.54) is 328 Å². The third-order valence-electron chi connectivity index (χ3n) is 22.8. The number of unbranched alkanes of at least 4 members (excludes halogenated alkanes) is 56. The van der Waals surface area contributed by atoms with Crippen molar-refractivity contribution in [2.75, 3.05) is 13.2 Å². The first kappa shape index (κ1) is 187. The molecule has 12 N–H and O–H groups in total. The van der Waals surface area contributed by atoms with Gasteiger partial charge >= 0.3 is 201 Å². The Hall–Kier alpha value is -0.911. The molecule has 0 heterocycles. The van der Waals surface area contributed by atoms with Crippen LogP contribution in [-0.4, -0.2) is 378 Å². The maximum absolute atomic E-state index is 10.6. The van der Waals surface area contributed by atoms with Gasteiger partial charge in [0, 0.05) is 52.6 Å². The van der Waals surface area contributed by atoms with Crippen molar-refractivity contribution in [3.63, 3.8) is 0 Å². The number of carboxylic acids is 11. The fourth-order valence-electron chi connectivity index (χ4n) is 13.5. The predicted octanol–water partition coefficient (Wildman–Crippen LogP) is 9.88. The van der Waals surface area contributed by atoms with E-state index in [4.69, 9.17) is 80.8 Å². The molecule has 0 unspecified atom stereocenters. The number of allylic oxidation sites excluding steroid dienone is 5. The average Bonchev–Trinajstić information content (AvgIpc) is 0.875. The summed E-state index contributed by atoms with van der Waals surface area (Å²) < 4.78 is 0. The van der Waals surface area contributed by atoms with Gasteiger partial charge in [0.25, 0.3) is 0 Å². The molecular formula is C112H210Ca5O33. The summed E-state index contributed by atoms with van der Waals surface area (Å²) >= 11 is 0. The Morgan fingerprint density at radius 3 is 0.507 bits per heavy atom. The van der Waals surface area contributed by atoms with Crippen LogP contribution in [0.4, 0.5) is 0 Å². The van der Waals surface area contributed by atoms with E-state index < -0.39 is 139 Å². The van der Waals surface area contributed by atoms with E-state index >= 15 is 0 Å². The normalized spacial score (nSPS) is 11.9. The number of carboxylic acid groups (broad SMARTS) is 11. The largest absolute Gasteiger partial charge is 2.00 e. The molecule has 0 amide bonds. The van der Waals surface area contributed by atoms with E-state index in [0.717, 1.165) is 110 Å². The molecule has 0 rings (SSSR count). The first-order chi connectivity index (χ1) is 68.0. The molecule has 0 aromatic heterocycles. The number of rotatable bonds is 84. The molecule has 0 bridgehead atoms. The summed E-state index contributed by atoms with van der Waals surface area (Å²) in [6.07, 6.45) is 75.8. The van der Waals surface area contributed by atoms with Crippen molar-refractivity contribution in [1.82, 2.24) is 0 Å². The van der Waals surface area contributed by atoms with Crippen LogP contribution in [0.2, 0.25) is 0 Å². The summed E-state index contributed by atoms with van der Waals surface area (Å²) in [7, 11) is 0. The van der Waals surface area contributed by atoms with Crippen LogP contribution in [0.5, 0.6) is 0 Å². The fraction of sp³-hybridized carbons (Fsp3) is 0.848. The molecule has 38 heteroatoms. The van der Waals surface area contributed by atoms with Gasteiger partial charge < -0.3 is 155 Å². The Kier molecular flexibility index (Phi) is 185. The molecule has 0 aliphatic carbocycles. The van der Waals surface area contributed by atoms with Crippen molar-refractivity contribution < 1.29 is 165 Å². The van der Waals surface area contributed by atoms with Crippen LogP contribution in [0, 0.1) is 10.8 Å². The van der Waals surface area contributed by atoms with Crippen LogP contribution < -0.4 is 51.1 Å². The molecular weight excluding hydrogens is 2070 g/mol. The Labute approximate surface area is 1060 Å². The molecule has 0 aliphatic heterocycles. The average molecular weight is 2290 g/mol. The van der Waals surface area contributed by atoms with Crippen molar-refractivity contribution >= 4 is 254 Å². The second-order valence-electron chi connectivity index (χ2n) is 38.3. The SMILES string of the molecule is C.C=C(C)[O-].CC(=O)[O-].CCCCCCC(C)(C)C(=O)[O-].CCCCCCC(C)(C)C(=O)[O-].CCCCCCCC/C=C\CCCCCCCC(=O)[O-].CCCCCCCC/C=C\CCCCCCCC(=O)[O-].CCCCCCCCCCCCCCCCCC(=O)[O-].CCCCCCCCCCCCCCCCCC(=O)[O-].O=C(O)C(=O)O.O=C([O-])[C@H](O)[C@@H](O)[C@H](O)[C@H](O)CO.O=C([O-])[C@H](O)[C@@H](O)[C@H](O)[C@H](O)CO.[Ca+2].[Ca+2].[Ca+2].[Ca+2].[Ca+2]. The van der Waals surface area contributed by atoms with Gasteiger partial charge in [0.05, 0.1) is 25.2 Å². The van der Waals surface area contributed by atoms with Crippen LogP contribution in [0.3, 0.4) is 0 Å². The summed E-state index contributed by atoms with van der Waals surface area (Å²) in [6, 6.07) is 0. The zero-order valence-electron chi connectivity index (χ0n) is 95.0. The summed E-state index contributed by atoms with van der Waals surface area (Å²) in [4.78, 5) is 109. The number of hydrogen-bond acceptors (Lipinski definition) is 31. The summed E-state index contributed by atoms with van der Waals surface area (Å²) in [6.45, 7) is 23.9. The summed E-state index contributed by atoms with van der Waals surface area (Å²) in [5, 5.41) is 202. The first-order valence-corrected chi connectivity index (χ1v) is 54.6. The fourth-order valence-corrected chi connectivity index (χ4v) is 13.5.